The van der Waals surface area contributed by atoms with Crippen molar-refractivity contribution in [2.45, 2.75) is 43.9 Å². The van der Waals surface area contributed by atoms with Crippen LogP contribution < -0.4 is 56.1 Å². The normalized spacial score (nSPS) is 10.8. The first-order valence-corrected chi connectivity index (χ1v) is 7.64. The zero-order chi connectivity index (χ0) is 13.4. The maximum atomic E-state index is 11.0. The standard InChI is InChI=1S/C13H20O4S.K/c1-2-3-4-5-8-11-17-12-9-6-7-10-13(12)18(14,15)16;/h6-7,9-10H,2-5,8,11H2,1H3,(H,14,15,16);/q;+1/p-1. The summed E-state index contributed by atoms with van der Waals surface area (Å²) in [4.78, 5) is -0.279. The molecule has 0 amide bonds. The van der Waals surface area contributed by atoms with Crippen molar-refractivity contribution in [2.75, 3.05) is 6.61 Å². The molecule has 0 saturated carbocycles. The maximum absolute atomic E-state index is 11.0. The average molecular weight is 310 g/mol. The van der Waals surface area contributed by atoms with Crippen LogP contribution in [0.1, 0.15) is 39.0 Å². The third kappa shape index (κ3) is 7.80. The molecule has 1 aromatic carbocycles. The van der Waals surface area contributed by atoms with Gasteiger partial charge in [0.25, 0.3) is 0 Å². The number of hydrogen-bond donors (Lipinski definition) is 0. The molecule has 0 aliphatic rings. The number of para-hydroxylation sites is 1. The number of benzene rings is 1. The van der Waals surface area contributed by atoms with Crippen molar-refractivity contribution >= 4 is 10.1 Å². The monoisotopic (exact) mass is 310 g/mol. The summed E-state index contributed by atoms with van der Waals surface area (Å²) >= 11 is 0. The first kappa shape index (κ1) is 19.6. The van der Waals surface area contributed by atoms with Crippen molar-refractivity contribution in [3.63, 3.8) is 0 Å². The van der Waals surface area contributed by atoms with Crippen LogP contribution in [0.25, 0.3) is 0 Å². The molecular weight excluding hydrogens is 291 g/mol. The van der Waals surface area contributed by atoms with Crippen molar-refractivity contribution in [1.29, 1.82) is 0 Å². The van der Waals surface area contributed by atoms with Crippen LogP contribution in [-0.4, -0.2) is 19.6 Å². The Labute approximate surface area is 158 Å². The van der Waals surface area contributed by atoms with Gasteiger partial charge in [0.1, 0.15) is 15.9 Å². The predicted molar refractivity (Wildman–Crippen MR) is 68.7 cm³/mol. The van der Waals surface area contributed by atoms with Crippen LogP contribution in [0.3, 0.4) is 0 Å². The van der Waals surface area contributed by atoms with Crippen LogP contribution in [0.4, 0.5) is 0 Å². The molecule has 4 nitrogen and oxygen atoms in total. The Hall–Kier alpha value is 0.566. The van der Waals surface area contributed by atoms with E-state index in [2.05, 4.69) is 6.92 Å². The van der Waals surface area contributed by atoms with Gasteiger partial charge in [-0.15, -0.1) is 0 Å². The quantitative estimate of drug-likeness (QED) is 0.383. The fourth-order valence-corrected chi connectivity index (χ4v) is 2.28. The van der Waals surface area contributed by atoms with Crippen LogP contribution in [0, 0.1) is 0 Å². The van der Waals surface area contributed by atoms with Crippen LogP contribution in [0.5, 0.6) is 5.75 Å². The smallest absolute Gasteiger partial charge is 0.744 e. The Morgan fingerprint density at radius 1 is 1.11 bits per heavy atom. The van der Waals surface area contributed by atoms with Gasteiger partial charge in [-0.05, 0) is 18.6 Å². The minimum absolute atomic E-state index is 0. The van der Waals surface area contributed by atoms with Gasteiger partial charge >= 0.3 is 51.4 Å². The fourth-order valence-electron chi connectivity index (χ4n) is 1.66. The van der Waals surface area contributed by atoms with Gasteiger partial charge in [0, 0.05) is 0 Å². The molecule has 0 unspecified atom stereocenters. The second-order valence-electron chi connectivity index (χ2n) is 4.16. The third-order valence-electron chi connectivity index (χ3n) is 2.62. The minimum atomic E-state index is -4.46. The zero-order valence-electron chi connectivity index (χ0n) is 11.6. The van der Waals surface area contributed by atoms with E-state index in [0.717, 1.165) is 19.3 Å². The summed E-state index contributed by atoms with van der Waals surface area (Å²) in [5.74, 6) is 0.156. The van der Waals surface area contributed by atoms with E-state index in [-0.39, 0.29) is 62.0 Å². The van der Waals surface area contributed by atoms with Gasteiger partial charge in [-0.3, -0.25) is 0 Å². The van der Waals surface area contributed by atoms with Crippen LogP contribution in [-0.2, 0) is 10.1 Å². The number of unbranched alkanes of at least 4 members (excludes halogenated alkanes) is 4. The molecule has 1 rings (SSSR count). The summed E-state index contributed by atoms with van der Waals surface area (Å²) in [6, 6.07) is 5.95. The van der Waals surface area contributed by atoms with Crippen LogP contribution in [0.15, 0.2) is 29.2 Å². The van der Waals surface area contributed by atoms with Gasteiger partial charge in [0.15, 0.2) is 0 Å². The summed E-state index contributed by atoms with van der Waals surface area (Å²) < 4.78 is 38.3. The van der Waals surface area contributed by atoms with Gasteiger partial charge in [-0.2, -0.15) is 0 Å². The second kappa shape index (κ2) is 10.3. The van der Waals surface area contributed by atoms with E-state index < -0.39 is 10.1 Å². The minimum Gasteiger partial charge on any atom is -0.744 e. The van der Waals surface area contributed by atoms with Crippen molar-refractivity contribution in [2.24, 2.45) is 0 Å². The number of rotatable bonds is 8. The Balaban J connectivity index is 0.00000324. The Morgan fingerprint density at radius 3 is 2.37 bits per heavy atom. The molecule has 6 heteroatoms. The van der Waals surface area contributed by atoms with E-state index in [1.165, 1.54) is 31.0 Å². The van der Waals surface area contributed by atoms with Crippen molar-refractivity contribution < 1.29 is 69.1 Å². The molecule has 0 aliphatic heterocycles. The molecule has 0 bridgehead atoms. The molecule has 102 valence electrons. The molecular formula is C13H19KO4S. The SMILES string of the molecule is CCCCCCCOc1ccccc1S(=O)(=O)[O-].[K+]. The molecule has 0 N–H and O–H groups in total. The van der Waals surface area contributed by atoms with Crippen molar-refractivity contribution in [1.82, 2.24) is 0 Å². The number of ether oxygens (including phenoxy) is 1. The Bertz CT molecular complexity index is 459. The van der Waals surface area contributed by atoms with E-state index in [1.54, 1.807) is 6.07 Å². The molecule has 0 aromatic heterocycles. The van der Waals surface area contributed by atoms with Gasteiger partial charge < -0.3 is 9.29 Å². The molecule has 0 spiro atoms. The summed E-state index contributed by atoms with van der Waals surface area (Å²) in [6.07, 6.45) is 5.46. The molecule has 0 radical (unpaired) electrons. The molecule has 0 saturated heterocycles. The summed E-state index contributed by atoms with van der Waals surface area (Å²) in [7, 11) is -4.46. The van der Waals surface area contributed by atoms with Crippen molar-refractivity contribution in [3.05, 3.63) is 24.3 Å². The fraction of sp³-hybridized carbons (Fsp3) is 0.538. The van der Waals surface area contributed by atoms with Gasteiger partial charge in [0.05, 0.1) is 11.5 Å². The summed E-state index contributed by atoms with van der Waals surface area (Å²) in [6.45, 7) is 2.59. The zero-order valence-corrected chi connectivity index (χ0v) is 15.5. The largest absolute Gasteiger partial charge is 1.00 e. The second-order valence-corrected chi connectivity index (χ2v) is 5.51. The van der Waals surface area contributed by atoms with Crippen LogP contribution >= 0.6 is 0 Å². The average Bonchev–Trinajstić information content (AvgIpc) is 2.33. The van der Waals surface area contributed by atoms with Gasteiger partial charge in [-0.1, -0.05) is 44.7 Å². The Kier molecular flexibility index (Phi) is 10.6. The van der Waals surface area contributed by atoms with Crippen LogP contribution in [0.2, 0.25) is 0 Å². The van der Waals surface area contributed by atoms with E-state index in [4.69, 9.17) is 4.74 Å². The molecule has 1 aromatic rings. The van der Waals surface area contributed by atoms with E-state index in [9.17, 15) is 13.0 Å². The molecule has 0 heterocycles. The Morgan fingerprint density at radius 2 is 1.74 bits per heavy atom. The summed E-state index contributed by atoms with van der Waals surface area (Å²) in [5.41, 5.74) is 0. The molecule has 0 aliphatic carbocycles. The number of hydrogen-bond acceptors (Lipinski definition) is 4. The molecule has 19 heavy (non-hydrogen) atoms. The third-order valence-corrected chi connectivity index (χ3v) is 3.50. The maximum Gasteiger partial charge on any atom is 1.00 e. The molecule has 0 fully saturated rings. The van der Waals surface area contributed by atoms with E-state index in [0.29, 0.717) is 6.61 Å². The van der Waals surface area contributed by atoms with Crippen molar-refractivity contribution in [3.8, 4) is 5.75 Å². The predicted octanol–water partition coefficient (Wildman–Crippen LogP) is -0.0561. The first-order valence-electron chi connectivity index (χ1n) is 6.23. The van der Waals surface area contributed by atoms with E-state index in [1.807, 2.05) is 0 Å². The van der Waals surface area contributed by atoms with Gasteiger partial charge in [-0.25, -0.2) is 8.42 Å². The topological polar surface area (TPSA) is 66.4 Å². The van der Waals surface area contributed by atoms with Gasteiger partial charge in [0.2, 0.25) is 0 Å². The first-order chi connectivity index (χ1) is 8.55. The molecule has 0 atom stereocenters. The van der Waals surface area contributed by atoms with E-state index >= 15 is 0 Å². The summed E-state index contributed by atoms with van der Waals surface area (Å²) in [5, 5.41) is 0.